The van der Waals surface area contributed by atoms with E-state index >= 15 is 0 Å². The van der Waals surface area contributed by atoms with Crippen LogP contribution in [0.2, 0.25) is 0 Å². The second-order valence-electron chi connectivity index (χ2n) is 4.98. The van der Waals surface area contributed by atoms with Crippen molar-refractivity contribution in [2.75, 3.05) is 5.73 Å². The fraction of sp³-hybridized carbons (Fsp3) is 0.250. The van der Waals surface area contributed by atoms with Gasteiger partial charge in [-0.25, -0.2) is 8.78 Å². The zero-order valence-corrected chi connectivity index (χ0v) is 11.0. The van der Waals surface area contributed by atoms with Crippen molar-refractivity contribution in [3.05, 3.63) is 54.1 Å². The SMILES string of the molecule is CC(C)C(F)(F)c1ccc(-c2cccc(N)c2)cc1. The lowest BCUT2D eigenvalue weighted by atomic mass is 9.95. The minimum absolute atomic E-state index is 0.0511. The maximum Gasteiger partial charge on any atom is 0.275 e. The van der Waals surface area contributed by atoms with Gasteiger partial charge in [0, 0.05) is 17.2 Å². The predicted molar refractivity (Wildman–Crippen MR) is 75.0 cm³/mol. The standard InChI is InChI=1S/C16H17F2N/c1-11(2)16(17,18)14-8-6-12(7-9-14)13-4-3-5-15(19)10-13/h3-11H,19H2,1-2H3. The molecule has 0 spiro atoms. The molecular formula is C16H17F2N. The van der Waals surface area contributed by atoms with Crippen LogP contribution >= 0.6 is 0 Å². The third-order valence-electron chi connectivity index (χ3n) is 3.21. The maximum atomic E-state index is 13.9. The number of anilines is 1. The number of rotatable bonds is 3. The highest BCUT2D eigenvalue weighted by molar-refractivity contribution is 5.67. The number of halogens is 2. The molecule has 0 aliphatic rings. The zero-order chi connectivity index (χ0) is 14.0. The first-order valence-corrected chi connectivity index (χ1v) is 6.25. The highest BCUT2D eigenvalue weighted by Gasteiger charge is 2.35. The monoisotopic (exact) mass is 261 g/mol. The molecule has 0 fully saturated rings. The highest BCUT2D eigenvalue weighted by atomic mass is 19.3. The Kier molecular flexibility index (Phi) is 3.56. The van der Waals surface area contributed by atoms with E-state index in [1.807, 2.05) is 18.2 Å². The van der Waals surface area contributed by atoms with Crippen LogP contribution in [0, 0.1) is 5.92 Å². The van der Waals surface area contributed by atoms with E-state index < -0.39 is 11.8 Å². The van der Waals surface area contributed by atoms with Crippen molar-refractivity contribution in [1.82, 2.24) is 0 Å². The number of nitrogens with two attached hydrogens (primary N) is 1. The molecule has 0 bridgehead atoms. The molecule has 19 heavy (non-hydrogen) atoms. The molecule has 0 atom stereocenters. The Hall–Kier alpha value is -1.90. The van der Waals surface area contributed by atoms with Gasteiger partial charge in [-0.3, -0.25) is 0 Å². The summed E-state index contributed by atoms with van der Waals surface area (Å²) >= 11 is 0. The highest BCUT2D eigenvalue weighted by Crippen LogP contribution is 2.36. The molecular weight excluding hydrogens is 244 g/mol. The lowest BCUT2D eigenvalue weighted by Gasteiger charge is -2.20. The topological polar surface area (TPSA) is 26.0 Å². The van der Waals surface area contributed by atoms with Gasteiger partial charge in [-0.2, -0.15) is 0 Å². The van der Waals surface area contributed by atoms with Crippen LogP contribution < -0.4 is 5.73 Å². The van der Waals surface area contributed by atoms with Gasteiger partial charge in [0.05, 0.1) is 0 Å². The largest absolute Gasteiger partial charge is 0.399 e. The first kappa shape index (κ1) is 13.5. The smallest absolute Gasteiger partial charge is 0.275 e. The Bertz CT molecular complexity index is 559. The van der Waals surface area contributed by atoms with Crippen LogP contribution in [0.25, 0.3) is 11.1 Å². The quantitative estimate of drug-likeness (QED) is 0.797. The Balaban J connectivity index is 2.34. The summed E-state index contributed by atoms with van der Waals surface area (Å²) in [6.45, 7) is 3.04. The number of nitrogen functional groups attached to an aromatic ring is 1. The minimum atomic E-state index is -2.80. The van der Waals surface area contributed by atoms with E-state index in [4.69, 9.17) is 5.73 Å². The van der Waals surface area contributed by atoms with Crippen LogP contribution in [0.5, 0.6) is 0 Å². The molecule has 0 aliphatic carbocycles. The van der Waals surface area contributed by atoms with Crippen LogP contribution in [0.3, 0.4) is 0 Å². The Morgan fingerprint density at radius 2 is 1.58 bits per heavy atom. The molecule has 0 unspecified atom stereocenters. The summed E-state index contributed by atoms with van der Waals surface area (Å²) in [5, 5.41) is 0. The number of hydrogen-bond donors (Lipinski definition) is 1. The molecule has 100 valence electrons. The van der Waals surface area contributed by atoms with E-state index in [0.29, 0.717) is 5.69 Å². The molecule has 2 aromatic carbocycles. The Morgan fingerprint density at radius 3 is 2.11 bits per heavy atom. The molecule has 0 aromatic heterocycles. The summed E-state index contributed by atoms with van der Waals surface area (Å²) in [6.07, 6.45) is 0. The number of benzene rings is 2. The Labute approximate surface area is 112 Å². The third kappa shape index (κ3) is 2.75. The average molecular weight is 261 g/mol. The van der Waals surface area contributed by atoms with Crippen LogP contribution in [0.4, 0.5) is 14.5 Å². The normalized spacial score (nSPS) is 11.8. The minimum Gasteiger partial charge on any atom is -0.399 e. The molecule has 2 N–H and O–H groups in total. The molecule has 1 nitrogen and oxygen atoms in total. The maximum absolute atomic E-state index is 13.9. The van der Waals surface area contributed by atoms with Gasteiger partial charge in [0.2, 0.25) is 0 Å². The lowest BCUT2D eigenvalue weighted by molar-refractivity contribution is -0.0513. The van der Waals surface area contributed by atoms with E-state index in [1.165, 1.54) is 26.0 Å². The van der Waals surface area contributed by atoms with E-state index in [2.05, 4.69) is 0 Å². The molecule has 3 heteroatoms. The predicted octanol–water partition coefficient (Wildman–Crippen LogP) is 4.68. The van der Waals surface area contributed by atoms with Crippen molar-refractivity contribution in [1.29, 1.82) is 0 Å². The fourth-order valence-corrected chi connectivity index (χ4v) is 1.94. The molecule has 0 aliphatic heterocycles. The van der Waals surface area contributed by atoms with Crippen LogP contribution in [-0.2, 0) is 5.92 Å². The summed E-state index contributed by atoms with van der Waals surface area (Å²) in [4.78, 5) is 0. The summed E-state index contributed by atoms with van der Waals surface area (Å²) < 4.78 is 27.7. The van der Waals surface area contributed by atoms with Gasteiger partial charge in [0.1, 0.15) is 0 Å². The molecule has 0 radical (unpaired) electrons. The van der Waals surface area contributed by atoms with Gasteiger partial charge < -0.3 is 5.73 Å². The van der Waals surface area contributed by atoms with Gasteiger partial charge >= 0.3 is 0 Å². The molecule has 0 saturated carbocycles. The number of hydrogen-bond acceptors (Lipinski definition) is 1. The van der Waals surface area contributed by atoms with Crippen molar-refractivity contribution in [2.45, 2.75) is 19.8 Å². The van der Waals surface area contributed by atoms with E-state index in [-0.39, 0.29) is 5.56 Å². The summed E-state index contributed by atoms with van der Waals surface area (Å²) in [5.74, 6) is -3.51. The third-order valence-corrected chi connectivity index (χ3v) is 3.21. The lowest BCUT2D eigenvalue weighted by Crippen LogP contribution is -2.20. The van der Waals surface area contributed by atoms with Gasteiger partial charge in [-0.15, -0.1) is 0 Å². The van der Waals surface area contributed by atoms with Crippen molar-refractivity contribution in [3.8, 4) is 11.1 Å². The average Bonchev–Trinajstić information content (AvgIpc) is 2.38. The van der Waals surface area contributed by atoms with E-state index in [0.717, 1.165) is 11.1 Å². The van der Waals surface area contributed by atoms with Gasteiger partial charge in [0.15, 0.2) is 0 Å². The molecule has 0 amide bonds. The fourth-order valence-electron chi connectivity index (χ4n) is 1.94. The second kappa shape index (κ2) is 5.00. The molecule has 0 heterocycles. The van der Waals surface area contributed by atoms with Gasteiger partial charge in [0.25, 0.3) is 5.92 Å². The van der Waals surface area contributed by atoms with Crippen molar-refractivity contribution >= 4 is 5.69 Å². The molecule has 0 saturated heterocycles. The summed E-state index contributed by atoms with van der Waals surface area (Å²) in [7, 11) is 0. The van der Waals surface area contributed by atoms with Gasteiger partial charge in [-0.05, 0) is 23.3 Å². The van der Waals surface area contributed by atoms with Crippen LogP contribution in [-0.4, -0.2) is 0 Å². The molecule has 2 rings (SSSR count). The van der Waals surface area contributed by atoms with E-state index in [9.17, 15) is 8.78 Å². The Morgan fingerprint density at radius 1 is 0.947 bits per heavy atom. The second-order valence-corrected chi connectivity index (χ2v) is 4.98. The van der Waals surface area contributed by atoms with Crippen molar-refractivity contribution < 1.29 is 8.78 Å². The summed E-state index contributed by atoms with van der Waals surface area (Å²) in [6, 6.07) is 13.8. The first-order valence-electron chi connectivity index (χ1n) is 6.25. The van der Waals surface area contributed by atoms with Crippen LogP contribution in [0.1, 0.15) is 19.4 Å². The number of alkyl halides is 2. The van der Waals surface area contributed by atoms with Crippen molar-refractivity contribution in [3.63, 3.8) is 0 Å². The summed E-state index contributed by atoms with van der Waals surface area (Å²) in [5.41, 5.74) is 8.24. The zero-order valence-electron chi connectivity index (χ0n) is 11.0. The van der Waals surface area contributed by atoms with Gasteiger partial charge in [-0.1, -0.05) is 50.2 Å². The van der Waals surface area contributed by atoms with E-state index in [1.54, 1.807) is 18.2 Å². The molecule has 2 aromatic rings. The van der Waals surface area contributed by atoms with Crippen molar-refractivity contribution in [2.24, 2.45) is 5.92 Å². The first-order chi connectivity index (χ1) is 8.91. The van der Waals surface area contributed by atoms with Crippen LogP contribution in [0.15, 0.2) is 48.5 Å².